The van der Waals surface area contributed by atoms with Crippen molar-refractivity contribution in [2.75, 3.05) is 15.6 Å². The summed E-state index contributed by atoms with van der Waals surface area (Å²) in [6.07, 6.45) is 0. The average Bonchev–Trinajstić information content (AvgIpc) is 3.12. The topological polar surface area (TPSA) is 74.8 Å². The maximum Gasteiger partial charge on any atom is 0.274 e. The molecule has 2 aliphatic heterocycles. The Bertz CT molecular complexity index is 1320. The van der Waals surface area contributed by atoms with Gasteiger partial charge in [-0.05, 0) is 30.7 Å². The first-order valence-corrected chi connectivity index (χ1v) is 11.6. The number of carbonyl (C=O) groups excluding carboxylic acids is 2. The van der Waals surface area contributed by atoms with Crippen molar-refractivity contribution in [1.29, 1.82) is 0 Å². The highest BCUT2D eigenvalue weighted by molar-refractivity contribution is 7.94. The predicted molar refractivity (Wildman–Crippen MR) is 118 cm³/mol. The molecule has 31 heavy (non-hydrogen) atoms. The van der Waals surface area contributed by atoms with Crippen LogP contribution >= 0.6 is 0 Å². The van der Waals surface area contributed by atoms with Gasteiger partial charge in [-0.1, -0.05) is 66.2 Å². The molecule has 3 aromatic carbocycles. The van der Waals surface area contributed by atoms with Gasteiger partial charge in [0.2, 0.25) is 5.91 Å². The van der Waals surface area contributed by atoms with Crippen LogP contribution in [0.4, 0.5) is 11.4 Å². The highest BCUT2D eigenvalue weighted by Crippen LogP contribution is 2.52. The minimum Gasteiger partial charge on any atom is -0.304 e. The summed E-state index contributed by atoms with van der Waals surface area (Å²) >= 11 is 0. The summed E-state index contributed by atoms with van der Waals surface area (Å²) in [4.78, 5) is 27.5. The van der Waals surface area contributed by atoms with E-state index in [2.05, 4.69) is 0 Å². The van der Waals surface area contributed by atoms with Gasteiger partial charge in [0.25, 0.3) is 10.8 Å². The van der Waals surface area contributed by atoms with Crippen molar-refractivity contribution in [3.8, 4) is 0 Å². The molecule has 0 saturated carbocycles. The minimum atomic E-state index is -4.14. The molecule has 2 aliphatic rings. The minimum absolute atomic E-state index is 0.214. The number of fused-ring (bicyclic) bond motifs is 2. The third-order valence-corrected chi connectivity index (χ3v) is 7.96. The van der Waals surface area contributed by atoms with Crippen molar-refractivity contribution in [3.05, 3.63) is 95.6 Å². The molecule has 5 rings (SSSR count). The fraction of sp³-hybridized carbons (Fsp3) is 0.167. The van der Waals surface area contributed by atoms with E-state index < -0.39 is 32.3 Å². The van der Waals surface area contributed by atoms with E-state index in [4.69, 9.17) is 0 Å². The third kappa shape index (κ3) is 2.66. The Balaban J connectivity index is 1.74. The van der Waals surface area contributed by atoms with E-state index >= 15 is 0 Å². The Morgan fingerprint density at radius 3 is 2.35 bits per heavy atom. The maximum atomic E-state index is 14.0. The fourth-order valence-electron chi connectivity index (χ4n) is 4.62. The largest absolute Gasteiger partial charge is 0.304 e. The number of benzene rings is 3. The second kappa shape index (κ2) is 6.78. The SMILES string of the molecule is Cc1cccc(CN2C(=O)[C@@]3(c4ccccc42)N(c2ccccc2)C(=O)CS3(=O)=O)c1. The van der Waals surface area contributed by atoms with Crippen molar-refractivity contribution >= 4 is 33.0 Å². The van der Waals surface area contributed by atoms with Gasteiger partial charge < -0.3 is 4.90 Å². The first kappa shape index (κ1) is 19.5. The van der Waals surface area contributed by atoms with Crippen LogP contribution in [0.3, 0.4) is 0 Å². The van der Waals surface area contributed by atoms with Crippen molar-refractivity contribution in [1.82, 2.24) is 0 Å². The van der Waals surface area contributed by atoms with E-state index in [9.17, 15) is 18.0 Å². The van der Waals surface area contributed by atoms with Crippen LogP contribution in [0.1, 0.15) is 16.7 Å². The number of hydrogen-bond donors (Lipinski definition) is 0. The Labute approximate surface area is 180 Å². The van der Waals surface area contributed by atoms with E-state index in [0.717, 1.165) is 11.1 Å². The number of anilines is 2. The fourth-order valence-corrected chi connectivity index (χ4v) is 6.65. The average molecular weight is 433 g/mol. The lowest BCUT2D eigenvalue weighted by Gasteiger charge is -2.32. The lowest BCUT2D eigenvalue weighted by Crippen LogP contribution is -2.54. The van der Waals surface area contributed by atoms with Gasteiger partial charge in [-0.3, -0.25) is 14.5 Å². The maximum absolute atomic E-state index is 14.0. The zero-order valence-electron chi connectivity index (χ0n) is 16.9. The molecule has 0 bridgehead atoms. The second-order valence-electron chi connectivity index (χ2n) is 7.87. The Kier molecular flexibility index (Phi) is 4.27. The highest BCUT2D eigenvalue weighted by atomic mass is 32.2. The third-order valence-electron chi connectivity index (χ3n) is 5.86. The van der Waals surface area contributed by atoms with Gasteiger partial charge >= 0.3 is 0 Å². The number of rotatable bonds is 3. The molecule has 1 atom stereocenters. The molecule has 0 unspecified atom stereocenters. The van der Waals surface area contributed by atoms with Crippen LogP contribution in [0.25, 0.3) is 0 Å². The molecule has 0 aromatic heterocycles. The second-order valence-corrected chi connectivity index (χ2v) is 9.97. The standard InChI is InChI=1S/C24H20N2O4S/c1-17-8-7-9-18(14-17)15-25-21-13-6-5-12-20(21)24(23(25)28)26(19-10-3-2-4-11-19)22(27)16-31(24,29)30/h2-14H,15-16H2,1H3/t24-/m0/s1. The quantitative estimate of drug-likeness (QED) is 0.637. The lowest BCUT2D eigenvalue weighted by molar-refractivity contribution is -0.123. The molecule has 2 amide bonds. The molecule has 0 aliphatic carbocycles. The Morgan fingerprint density at radius 2 is 1.61 bits per heavy atom. The highest BCUT2D eigenvalue weighted by Gasteiger charge is 2.69. The number of carbonyl (C=O) groups is 2. The zero-order chi connectivity index (χ0) is 21.8. The van der Waals surface area contributed by atoms with Gasteiger partial charge in [0.15, 0.2) is 9.84 Å². The van der Waals surface area contributed by atoms with Gasteiger partial charge in [0, 0.05) is 11.3 Å². The van der Waals surface area contributed by atoms with Gasteiger partial charge in [-0.25, -0.2) is 8.42 Å². The summed E-state index contributed by atoms with van der Waals surface area (Å²) in [6.45, 7) is 2.17. The lowest BCUT2D eigenvalue weighted by atomic mass is 10.0. The Morgan fingerprint density at radius 1 is 0.903 bits per heavy atom. The first-order valence-electron chi connectivity index (χ1n) is 9.94. The number of amides is 2. The number of nitrogens with zero attached hydrogens (tertiary/aromatic N) is 2. The summed E-state index contributed by atoms with van der Waals surface area (Å²) < 4.78 is 27.0. The molecule has 1 fully saturated rings. The van der Waals surface area contributed by atoms with Crippen LogP contribution < -0.4 is 9.80 Å². The normalized spacial score (nSPS) is 21.7. The van der Waals surface area contributed by atoms with Crippen molar-refractivity contribution in [2.45, 2.75) is 18.3 Å². The molecule has 3 aromatic rings. The molecule has 0 N–H and O–H groups in total. The molecule has 0 radical (unpaired) electrons. The van der Waals surface area contributed by atoms with E-state index in [0.29, 0.717) is 16.9 Å². The molecular weight excluding hydrogens is 412 g/mol. The monoisotopic (exact) mass is 432 g/mol. The molecule has 1 saturated heterocycles. The summed E-state index contributed by atoms with van der Waals surface area (Å²) in [7, 11) is -4.14. The molecule has 156 valence electrons. The van der Waals surface area contributed by atoms with Crippen LogP contribution in [0.15, 0.2) is 78.9 Å². The summed E-state index contributed by atoms with van der Waals surface area (Å²) in [5.74, 6) is -1.93. The molecule has 1 spiro atoms. The van der Waals surface area contributed by atoms with Gasteiger partial charge in [-0.2, -0.15) is 0 Å². The van der Waals surface area contributed by atoms with Crippen LogP contribution in [-0.4, -0.2) is 26.0 Å². The Hall–Kier alpha value is -3.45. The van der Waals surface area contributed by atoms with Crippen molar-refractivity contribution in [3.63, 3.8) is 0 Å². The van der Waals surface area contributed by atoms with Gasteiger partial charge in [-0.15, -0.1) is 0 Å². The zero-order valence-corrected chi connectivity index (χ0v) is 17.7. The molecule has 6 nitrogen and oxygen atoms in total. The van der Waals surface area contributed by atoms with Crippen LogP contribution in [0.2, 0.25) is 0 Å². The molecular formula is C24H20N2O4S. The molecule has 7 heteroatoms. The van der Waals surface area contributed by atoms with Crippen LogP contribution in [0, 0.1) is 6.92 Å². The van der Waals surface area contributed by atoms with Crippen LogP contribution in [0.5, 0.6) is 0 Å². The molecule has 2 heterocycles. The predicted octanol–water partition coefficient (Wildman–Crippen LogP) is 3.16. The van der Waals surface area contributed by atoms with Gasteiger partial charge in [0.05, 0.1) is 12.2 Å². The number of aryl methyl sites for hydroxylation is 1. The van der Waals surface area contributed by atoms with Crippen LogP contribution in [-0.2, 0) is 30.8 Å². The van der Waals surface area contributed by atoms with E-state index in [-0.39, 0.29) is 6.54 Å². The van der Waals surface area contributed by atoms with Gasteiger partial charge in [0.1, 0.15) is 5.75 Å². The number of hydrogen-bond acceptors (Lipinski definition) is 4. The summed E-state index contributed by atoms with van der Waals surface area (Å²) in [5, 5.41) is 0. The summed E-state index contributed by atoms with van der Waals surface area (Å²) in [5.41, 5.74) is 3.14. The summed E-state index contributed by atoms with van der Waals surface area (Å²) in [6, 6.07) is 23.1. The van der Waals surface area contributed by atoms with E-state index in [1.165, 1.54) is 9.80 Å². The first-order chi connectivity index (χ1) is 14.9. The van der Waals surface area contributed by atoms with Crippen molar-refractivity contribution in [2.24, 2.45) is 0 Å². The van der Waals surface area contributed by atoms with E-state index in [1.807, 2.05) is 31.2 Å². The van der Waals surface area contributed by atoms with Crippen molar-refractivity contribution < 1.29 is 18.0 Å². The smallest absolute Gasteiger partial charge is 0.274 e. The van der Waals surface area contributed by atoms with E-state index in [1.54, 1.807) is 54.6 Å². The number of para-hydroxylation sites is 2. The number of sulfone groups is 1.